The highest BCUT2D eigenvalue weighted by Gasteiger charge is 2.15. The average Bonchev–Trinajstić information content (AvgIpc) is 2.89. The van der Waals surface area contributed by atoms with Gasteiger partial charge in [0.1, 0.15) is 11.6 Å². The highest BCUT2D eigenvalue weighted by molar-refractivity contribution is 7.10. The minimum absolute atomic E-state index is 0.0816. The van der Waals surface area contributed by atoms with Crippen molar-refractivity contribution >= 4 is 11.3 Å². The Kier molecular flexibility index (Phi) is 4.63. The topological polar surface area (TPSA) is 32.3 Å². The zero-order valence-corrected chi connectivity index (χ0v) is 11.3. The van der Waals surface area contributed by atoms with Crippen LogP contribution in [0.4, 0.5) is 8.78 Å². The minimum atomic E-state index is -0.997. The molecule has 2 atom stereocenters. The third-order valence-corrected chi connectivity index (χ3v) is 3.96. The maximum atomic E-state index is 13.5. The molecule has 0 radical (unpaired) electrons. The molecule has 19 heavy (non-hydrogen) atoms. The number of benzene rings is 1. The van der Waals surface area contributed by atoms with Crippen molar-refractivity contribution in [3.63, 3.8) is 0 Å². The van der Waals surface area contributed by atoms with Gasteiger partial charge in [-0.1, -0.05) is 12.1 Å². The third-order valence-electron chi connectivity index (χ3n) is 2.91. The summed E-state index contributed by atoms with van der Waals surface area (Å²) in [5.41, 5.74) is 0.104. The normalized spacial score (nSPS) is 14.3. The summed E-state index contributed by atoms with van der Waals surface area (Å²) in [5.74, 6) is -1.37. The number of halogens is 2. The van der Waals surface area contributed by atoms with Crippen LogP contribution in [0.15, 0.2) is 35.7 Å². The van der Waals surface area contributed by atoms with E-state index in [0.717, 1.165) is 17.0 Å². The lowest BCUT2D eigenvalue weighted by molar-refractivity contribution is 0.166. The molecule has 0 saturated heterocycles. The van der Waals surface area contributed by atoms with E-state index in [-0.39, 0.29) is 18.2 Å². The molecule has 0 saturated carbocycles. The van der Waals surface area contributed by atoms with E-state index in [2.05, 4.69) is 5.32 Å². The largest absolute Gasteiger partial charge is 0.387 e. The van der Waals surface area contributed by atoms with Gasteiger partial charge in [-0.25, -0.2) is 8.78 Å². The standard InChI is InChI=1S/C14H15F2NOS/c1-9(14-3-2-6-19-14)17-8-13(18)11-5-4-10(15)7-12(11)16/h2-7,9,13,17-18H,8H2,1H3/t9-,13?/m1/s1. The van der Waals surface area contributed by atoms with Crippen LogP contribution in [0.3, 0.4) is 0 Å². The van der Waals surface area contributed by atoms with E-state index in [9.17, 15) is 13.9 Å². The van der Waals surface area contributed by atoms with Crippen LogP contribution in [0.5, 0.6) is 0 Å². The fourth-order valence-electron chi connectivity index (χ4n) is 1.81. The molecular formula is C14H15F2NOS. The lowest BCUT2D eigenvalue weighted by Gasteiger charge is -2.17. The average molecular weight is 283 g/mol. The summed E-state index contributed by atoms with van der Waals surface area (Å²) in [6.45, 7) is 2.18. The maximum absolute atomic E-state index is 13.5. The van der Waals surface area contributed by atoms with Crippen molar-refractivity contribution < 1.29 is 13.9 Å². The monoisotopic (exact) mass is 283 g/mol. The van der Waals surface area contributed by atoms with Crippen LogP contribution in [0.2, 0.25) is 0 Å². The van der Waals surface area contributed by atoms with Gasteiger partial charge < -0.3 is 10.4 Å². The maximum Gasteiger partial charge on any atom is 0.131 e. The molecule has 0 aliphatic carbocycles. The van der Waals surface area contributed by atoms with E-state index in [0.29, 0.717) is 0 Å². The zero-order valence-electron chi connectivity index (χ0n) is 10.4. The SMILES string of the molecule is C[C@@H](NCC(O)c1ccc(F)cc1F)c1cccs1. The Balaban J connectivity index is 1.96. The predicted octanol–water partition coefficient (Wildman–Crippen LogP) is 3.41. The Hall–Kier alpha value is -1.30. The van der Waals surface area contributed by atoms with Crippen LogP contribution in [0.25, 0.3) is 0 Å². The fraction of sp³-hybridized carbons (Fsp3) is 0.286. The van der Waals surface area contributed by atoms with E-state index >= 15 is 0 Å². The van der Waals surface area contributed by atoms with E-state index < -0.39 is 17.7 Å². The van der Waals surface area contributed by atoms with Gasteiger partial charge in [0.2, 0.25) is 0 Å². The number of aliphatic hydroxyl groups is 1. The molecule has 0 bridgehead atoms. The molecule has 0 aliphatic rings. The van der Waals surface area contributed by atoms with Gasteiger partial charge in [-0.3, -0.25) is 0 Å². The second-order valence-electron chi connectivity index (χ2n) is 4.33. The number of nitrogens with one attached hydrogen (secondary N) is 1. The minimum Gasteiger partial charge on any atom is -0.387 e. The Morgan fingerprint density at radius 2 is 2.11 bits per heavy atom. The number of hydrogen-bond acceptors (Lipinski definition) is 3. The molecule has 1 heterocycles. The molecule has 2 nitrogen and oxygen atoms in total. The fourth-order valence-corrected chi connectivity index (χ4v) is 2.57. The smallest absolute Gasteiger partial charge is 0.131 e. The van der Waals surface area contributed by atoms with Crippen LogP contribution < -0.4 is 5.32 Å². The summed E-state index contributed by atoms with van der Waals surface area (Å²) in [5, 5.41) is 15.0. The highest BCUT2D eigenvalue weighted by atomic mass is 32.1. The van der Waals surface area contributed by atoms with Gasteiger partial charge in [-0.05, 0) is 24.4 Å². The van der Waals surface area contributed by atoms with Crippen LogP contribution in [0.1, 0.15) is 29.5 Å². The molecule has 0 spiro atoms. The van der Waals surface area contributed by atoms with Crippen molar-refractivity contribution in [3.8, 4) is 0 Å². The first-order chi connectivity index (χ1) is 9.08. The summed E-state index contributed by atoms with van der Waals surface area (Å²) >= 11 is 1.62. The van der Waals surface area contributed by atoms with Gasteiger partial charge in [-0.2, -0.15) is 0 Å². The van der Waals surface area contributed by atoms with Crippen LogP contribution in [-0.4, -0.2) is 11.7 Å². The number of thiophene rings is 1. The van der Waals surface area contributed by atoms with Crippen molar-refractivity contribution in [2.75, 3.05) is 6.54 Å². The second kappa shape index (κ2) is 6.23. The van der Waals surface area contributed by atoms with Gasteiger partial charge >= 0.3 is 0 Å². The van der Waals surface area contributed by atoms with Crippen LogP contribution in [0, 0.1) is 11.6 Å². The van der Waals surface area contributed by atoms with E-state index in [1.807, 2.05) is 24.4 Å². The first-order valence-corrected chi connectivity index (χ1v) is 6.85. The Labute approximate surface area is 114 Å². The van der Waals surface area contributed by atoms with Gasteiger partial charge in [0.25, 0.3) is 0 Å². The second-order valence-corrected chi connectivity index (χ2v) is 5.31. The molecule has 1 aromatic heterocycles. The third kappa shape index (κ3) is 3.59. The summed E-state index contributed by atoms with van der Waals surface area (Å²) < 4.78 is 26.2. The quantitative estimate of drug-likeness (QED) is 0.881. The molecular weight excluding hydrogens is 268 g/mol. The van der Waals surface area contributed by atoms with Crippen LogP contribution >= 0.6 is 11.3 Å². The summed E-state index contributed by atoms with van der Waals surface area (Å²) in [7, 11) is 0. The van der Waals surface area contributed by atoms with Crippen molar-refractivity contribution in [1.29, 1.82) is 0 Å². The molecule has 2 N–H and O–H groups in total. The Morgan fingerprint density at radius 1 is 1.32 bits per heavy atom. The zero-order chi connectivity index (χ0) is 13.8. The molecule has 0 aliphatic heterocycles. The van der Waals surface area contributed by atoms with Crippen molar-refractivity contribution in [2.24, 2.45) is 0 Å². The number of rotatable bonds is 5. The molecule has 0 amide bonds. The van der Waals surface area contributed by atoms with Crippen LogP contribution in [-0.2, 0) is 0 Å². The van der Waals surface area contributed by atoms with Crippen molar-refractivity contribution in [1.82, 2.24) is 5.32 Å². The van der Waals surface area contributed by atoms with Gasteiger partial charge in [0.05, 0.1) is 6.10 Å². The van der Waals surface area contributed by atoms with E-state index in [1.54, 1.807) is 11.3 Å². The lowest BCUT2D eigenvalue weighted by Crippen LogP contribution is -2.24. The summed E-state index contributed by atoms with van der Waals surface area (Å²) in [4.78, 5) is 1.15. The lowest BCUT2D eigenvalue weighted by atomic mass is 10.1. The van der Waals surface area contributed by atoms with E-state index in [4.69, 9.17) is 0 Å². The first kappa shape index (κ1) is 14.1. The molecule has 0 fully saturated rings. The van der Waals surface area contributed by atoms with Crippen molar-refractivity contribution in [3.05, 3.63) is 57.8 Å². The molecule has 102 valence electrons. The predicted molar refractivity (Wildman–Crippen MR) is 72.1 cm³/mol. The summed E-state index contributed by atoms with van der Waals surface area (Å²) in [6, 6.07) is 7.22. The van der Waals surface area contributed by atoms with Gasteiger partial charge in [0.15, 0.2) is 0 Å². The molecule has 1 aromatic carbocycles. The summed E-state index contributed by atoms with van der Waals surface area (Å²) in [6.07, 6.45) is -0.997. The van der Waals surface area contributed by atoms with Crippen molar-refractivity contribution in [2.45, 2.75) is 19.1 Å². The Bertz CT molecular complexity index is 530. The molecule has 1 unspecified atom stereocenters. The van der Waals surface area contributed by atoms with Gasteiger partial charge in [-0.15, -0.1) is 11.3 Å². The van der Waals surface area contributed by atoms with Gasteiger partial charge in [0, 0.05) is 29.1 Å². The molecule has 5 heteroatoms. The first-order valence-electron chi connectivity index (χ1n) is 5.97. The van der Waals surface area contributed by atoms with E-state index in [1.165, 1.54) is 6.07 Å². The number of hydrogen-bond donors (Lipinski definition) is 2. The highest BCUT2D eigenvalue weighted by Crippen LogP contribution is 2.21. The Morgan fingerprint density at radius 3 is 2.74 bits per heavy atom. The molecule has 2 aromatic rings. The molecule has 2 rings (SSSR count). The number of aliphatic hydroxyl groups excluding tert-OH is 1.